The summed E-state index contributed by atoms with van der Waals surface area (Å²) in [7, 11) is 4.37. The number of nitrogens with zero attached hydrogens (tertiary/aromatic N) is 1. The van der Waals surface area contributed by atoms with Crippen molar-refractivity contribution in [3.8, 4) is 23.0 Å². The molecule has 2 aromatic carbocycles. The lowest BCUT2D eigenvalue weighted by Gasteiger charge is -2.28. The van der Waals surface area contributed by atoms with Crippen LogP contribution in [0.25, 0.3) is 0 Å². The van der Waals surface area contributed by atoms with E-state index in [9.17, 15) is 19.8 Å². The molecule has 164 valence electrons. The van der Waals surface area contributed by atoms with E-state index in [1.165, 1.54) is 38.4 Å². The zero-order valence-electron chi connectivity index (χ0n) is 18.0. The highest BCUT2D eigenvalue weighted by Crippen LogP contribution is 2.48. The molecule has 0 fully saturated rings. The first-order valence-electron chi connectivity index (χ1n) is 9.65. The Labute approximate surface area is 180 Å². The van der Waals surface area contributed by atoms with Crippen LogP contribution in [0.15, 0.2) is 47.7 Å². The van der Waals surface area contributed by atoms with E-state index in [-0.39, 0.29) is 22.8 Å². The smallest absolute Gasteiger partial charge is 0.294 e. The average Bonchev–Trinajstić information content (AvgIpc) is 3.02. The molecule has 0 spiro atoms. The Morgan fingerprint density at radius 3 is 2.06 bits per heavy atom. The molecule has 0 bridgehead atoms. The Bertz CT molecular complexity index is 1030. The number of ketones is 1. The van der Waals surface area contributed by atoms with Crippen LogP contribution < -0.4 is 19.1 Å². The molecule has 0 radical (unpaired) electrons. The van der Waals surface area contributed by atoms with Gasteiger partial charge in [-0.15, -0.1) is 0 Å². The molecule has 3 rings (SSSR count). The third-order valence-corrected chi connectivity index (χ3v) is 5.14. The van der Waals surface area contributed by atoms with Gasteiger partial charge in [0.15, 0.2) is 23.0 Å². The summed E-state index contributed by atoms with van der Waals surface area (Å²) >= 11 is 0. The van der Waals surface area contributed by atoms with Crippen molar-refractivity contribution < 1.29 is 34.0 Å². The molecule has 2 N–H and O–H groups in total. The first-order chi connectivity index (χ1) is 14.8. The fourth-order valence-electron chi connectivity index (χ4n) is 3.66. The van der Waals surface area contributed by atoms with Gasteiger partial charge in [-0.1, -0.05) is 26.0 Å². The molecule has 0 saturated carbocycles. The van der Waals surface area contributed by atoms with Crippen molar-refractivity contribution in [1.29, 1.82) is 0 Å². The number of para-hydroxylation sites is 2. The monoisotopic (exact) mass is 427 g/mol. The number of hydrogen-bond acceptors (Lipinski definition) is 7. The summed E-state index contributed by atoms with van der Waals surface area (Å²) in [5, 5.41) is 21.1. The van der Waals surface area contributed by atoms with E-state index in [4.69, 9.17) is 14.2 Å². The van der Waals surface area contributed by atoms with Gasteiger partial charge in [0.25, 0.3) is 5.91 Å². The van der Waals surface area contributed by atoms with E-state index in [1.807, 2.05) is 0 Å². The molecule has 1 aliphatic heterocycles. The first-order valence-corrected chi connectivity index (χ1v) is 9.65. The fraction of sp³-hybridized carbons (Fsp3) is 0.304. The van der Waals surface area contributed by atoms with Gasteiger partial charge in [-0.2, -0.15) is 0 Å². The van der Waals surface area contributed by atoms with E-state index in [2.05, 4.69) is 0 Å². The molecule has 1 unspecified atom stereocenters. The topological polar surface area (TPSA) is 106 Å². The molecule has 2 aromatic rings. The van der Waals surface area contributed by atoms with Crippen molar-refractivity contribution in [3.63, 3.8) is 0 Å². The van der Waals surface area contributed by atoms with Gasteiger partial charge in [-0.05, 0) is 29.8 Å². The zero-order chi connectivity index (χ0) is 22.9. The van der Waals surface area contributed by atoms with Crippen LogP contribution in [0.3, 0.4) is 0 Å². The Hall–Kier alpha value is -3.68. The summed E-state index contributed by atoms with van der Waals surface area (Å²) in [6.45, 7) is 3.37. The number of amides is 1. The largest absolute Gasteiger partial charge is 0.506 e. The molecule has 0 saturated heterocycles. The number of ether oxygens (including phenoxy) is 3. The van der Waals surface area contributed by atoms with Crippen LogP contribution in [0.4, 0.5) is 5.69 Å². The number of hydrogen-bond donors (Lipinski definition) is 2. The molecule has 0 aromatic heterocycles. The van der Waals surface area contributed by atoms with Gasteiger partial charge < -0.3 is 24.4 Å². The van der Waals surface area contributed by atoms with Crippen LogP contribution in [0.5, 0.6) is 23.0 Å². The first kappa shape index (κ1) is 22.0. The van der Waals surface area contributed by atoms with Crippen LogP contribution >= 0.6 is 0 Å². The van der Waals surface area contributed by atoms with Crippen molar-refractivity contribution in [2.45, 2.75) is 19.9 Å². The molecule has 8 heteroatoms. The van der Waals surface area contributed by atoms with Gasteiger partial charge in [-0.3, -0.25) is 14.5 Å². The maximum absolute atomic E-state index is 13.1. The van der Waals surface area contributed by atoms with Gasteiger partial charge in [-0.25, -0.2) is 0 Å². The molecule has 1 atom stereocenters. The highest BCUT2D eigenvalue weighted by atomic mass is 16.5. The SMILES string of the molecule is COc1cc(C2C(C(=O)C(C)C)=C(O)C(=O)N2c2ccccc2O)cc(OC)c1OC. The van der Waals surface area contributed by atoms with Crippen molar-refractivity contribution in [2.75, 3.05) is 26.2 Å². The molecule has 31 heavy (non-hydrogen) atoms. The van der Waals surface area contributed by atoms with Crippen molar-refractivity contribution in [1.82, 2.24) is 0 Å². The third kappa shape index (κ3) is 3.65. The number of carbonyl (C=O) groups is 2. The zero-order valence-corrected chi connectivity index (χ0v) is 18.0. The van der Waals surface area contributed by atoms with Gasteiger partial charge in [0, 0.05) is 5.92 Å². The number of anilines is 1. The third-order valence-electron chi connectivity index (χ3n) is 5.14. The lowest BCUT2D eigenvalue weighted by atomic mass is 9.90. The number of carbonyl (C=O) groups excluding carboxylic acids is 2. The quantitative estimate of drug-likeness (QED) is 0.696. The standard InChI is InChI=1S/C23H25NO7/c1-12(2)20(26)18-19(13-10-16(29-3)22(31-5)17(11-13)30-4)24(23(28)21(18)27)14-8-6-7-9-15(14)25/h6-12,19,25,27H,1-5H3. The number of phenolic OH excluding ortho intramolecular Hbond substituents is 1. The average molecular weight is 427 g/mol. The highest BCUT2D eigenvalue weighted by Gasteiger charge is 2.46. The van der Waals surface area contributed by atoms with E-state index in [0.29, 0.717) is 22.8 Å². The second kappa shape index (κ2) is 8.59. The molecule has 1 heterocycles. The molecular formula is C23H25NO7. The van der Waals surface area contributed by atoms with Gasteiger partial charge in [0.1, 0.15) is 5.75 Å². The minimum atomic E-state index is -1.01. The molecule has 8 nitrogen and oxygen atoms in total. The molecule has 1 amide bonds. The summed E-state index contributed by atoms with van der Waals surface area (Å²) in [6.07, 6.45) is 0. The number of rotatable bonds is 7. The van der Waals surface area contributed by atoms with Crippen LogP contribution in [0.1, 0.15) is 25.5 Å². The van der Waals surface area contributed by atoms with Gasteiger partial charge >= 0.3 is 0 Å². The van der Waals surface area contributed by atoms with Crippen LogP contribution in [-0.2, 0) is 9.59 Å². The highest BCUT2D eigenvalue weighted by molar-refractivity contribution is 6.17. The fourth-order valence-corrected chi connectivity index (χ4v) is 3.66. The lowest BCUT2D eigenvalue weighted by molar-refractivity contribution is -0.119. The normalized spacial score (nSPS) is 16.1. The Balaban J connectivity index is 2.31. The number of methoxy groups -OCH3 is 3. The van der Waals surface area contributed by atoms with Gasteiger partial charge in [0.05, 0.1) is 38.6 Å². The Morgan fingerprint density at radius 2 is 1.58 bits per heavy atom. The second-order valence-corrected chi connectivity index (χ2v) is 7.31. The van der Waals surface area contributed by atoms with Crippen molar-refractivity contribution in [2.24, 2.45) is 5.92 Å². The number of Topliss-reactive ketones (excluding diaryl/α,β-unsaturated/α-hetero) is 1. The summed E-state index contributed by atoms with van der Waals surface area (Å²) in [4.78, 5) is 27.3. The molecular weight excluding hydrogens is 402 g/mol. The predicted molar refractivity (Wildman–Crippen MR) is 114 cm³/mol. The minimum Gasteiger partial charge on any atom is -0.506 e. The maximum atomic E-state index is 13.1. The van der Waals surface area contributed by atoms with E-state index >= 15 is 0 Å². The number of benzene rings is 2. The number of aromatic hydroxyl groups is 1. The van der Waals surface area contributed by atoms with E-state index < -0.39 is 23.6 Å². The van der Waals surface area contributed by atoms with Gasteiger partial charge in [0.2, 0.25) is 5.75 Å². The predicted octanol–water partition coefficient (Wildman–Crippen LogP) is 3.54. The summed E-state index contributed by atoms with van der Waals surface area (Å²) in [6, 6.07) is 8.43. The van der Waals surface area contributed by atoms with Crippen molar-refractivity contribution in [3.05, 3.63) is 53.3 Å². The number of aliphatic hydroxyl groups is 1. The van der Waals surface area contributed by atoms with Crippen LogP contribution in [-0.4, -0.2) is 43.2 Å². The van der Waals surface area contributed by atoms with E-state index in [0.717, 1.165) is 0 Å². The van der Waals surface area contributed by atoms with Crippen LogP contribution in [0.2, 0.25) is 0 Å². The molecule has 1 aliphatic rings. The number of aliphatic hydroxyl groups excluding tert-OH is 1. The Morgan fingerprint density at radius 1 is 1.00 bits per heavy atom. The lowest BCUT2D eigenvalue weighted by Crippen LogP contribution is -2.31. The summed E-state index contributed by atoms with van der Waals surface area (Å²) < 4.78 is 16.2. The summed E-state index contributed by atoms with van der Waals surface area (Å²) in [5.74, 6) is -1.48. The second-order valence-electron chi connectivity index (χ2n) is 7.31. The Kier molecular flexibility index (Phi) is 6.10. The van der Waals surface area contributed by atoms with E-state index in [1.54, 1.807) is 38.1 Å². The molecule has 0 aliphatic carbocycles. The summed E-state index contributed by atoms with van der Waals surface area (Å²) in [5.41, 5.74) is 0.543. The maximum Gasteiger partial charge on any atom is 0.294 e. The number of phenols is 1. The van der Waals surface area contributed by atoms with Crippen molar-refractivity contribution >= 4 is 17.4 Å². The van der Waals surface area contributed by atoms with Crippen LogP contribution in [0, 0.1) is 5.92 Å². The minimum absolute atomic E-state index is 0.0578.